The van der Waals surface area contributed by atoms with Crippen LogP contribution in [0.5, 0.6) is 0 Å². The van der Waals surface area contributed by atoms with E-state index in [1.165, 1.54) is 0 Å². The summed E-state index contributed by atoms with van der Waals surface area (Å²) in [5.41, 5.74) is 1.56. The molecule has 0 N–H and O–H groups in total. The first-order chi connectivity index (χ1) is 7.45. The van der Waals surface area contributed by atoms with Gasteiger partial charge >= 0.3 is 0 Å². The molecule has 3 aromatic rings. The van der Waals surface area contributed by atoms with E-state index in [4.69, 9.17) is 0 Å². The fourth-order valence-corrected chi connectivity index (χ4v) is 1.35. The summed E-state index contributed by atoms with van der Waals surface area (Å²) in [6, 6.07) is 5.48. The molecule has 3 rings (SSSR count). The van der Waals surface area contributed by atoms with E-state index < -0.39 is 0 Å². The van der Waals surface area contributed by atoms with E-state index in [1.54, 1.807) is 23.1 Å². The van der Waals surface area contributed by atoms with Gasteiger partial charge in [-0.1, -0.05) is 0 Å². The van der Waals surface area contributed by atoms with Gasteiger partial charge in [0.15, 0.2) is 11.5 Å². The molecule has 0 fully saturated rings. The molecule has 6 nitrogen and oxygen atoms in total. The van der Waals surface area contributed by atoms with Crippen molar-refractivity contribution in [1.29, 1.82) is 0 Å². The van der Waals surface area contributed by atoms with E-state index in [9.17, 15) is 0 Å². The van der Waals surface area contributed by atoms with E-state index in [2.05, 4.69) is 25.5 Å². The molecule has 6 heteroatoms. The zero-order valence-corrected chi connectivity index (χ0v) is 7.65. The first kappa shape index (κ1) is 7.98. The number of aromatic nitrogens is 6. The molecule has 0 spiro atoms. The van der Waals surface area contributed by atoms with Gasteiger partial charge in [-0.3, -0.25) is 0 Å². The van der Waals surface area contributed by atoms with Crippen molar-refractivity contribution >= 4 is 5.65 Å². The lowest BCUT2D eigenvalue weighted by Crippen LogP contribution is -1.94. The van der Waals surface area contributed by atoms with Gasteiger partial charge in [-0.05, 0) is 18.2 Å². The Labute approximate surface area is 84.6 Å². The zero-order chi connectivity index (χ0) is 10.1. The van der Waals surface area contributed by atoms with Crippen LogP contribution >= 0.6 is 0 Å². The summed E-state index contributed by atoms with van der Waals surface area (Å²) in [5.74, 6) is 0.667. The number of hydrogen-bond acceptors (Lipinski definition) is 5. The smallest absolute Gasteiger partial charge is 0.187 e. The van der Waals surface area contributed by atoms with Crippen molar-refractivity contribution in [2.45, 2.75) is 0 Å². The first-order valence-electron chi connectivity index (χ1n) is 4.39. The standard InChI is InChI=1S/C9H6N6/c1-2-8-13-14-9(15(8)12-4-1)7-3-5-10-11-6-7/h1-6H. The topological polar surface area (TPSA) is 68.9 Å². The number of hydrogen-bond donors (Lipinski definition) is 0. The molecule has 3 heterocycles. The second-order valence-electron chi connectivity index (χ2n) is 2.95. The van der Waals surface area contributed by atoms with E-state index >= 15 is 0 Å². The van der Waals surface area contributed by atoms with Crippen LogP contribution in [0, 0.1) is 0 Å². The Morgan fingerprint density at radius 1 is 1.00 bits per heavy atom. The number of rotatable bonds is 1. The summed E-state index contributed by atoms with van der Waals surface area (Å²) >= 11 is 0. The Balaban J connectivity index is 2.28. The van der Waals surface area contributed by atoms with E-state index in [0.717, 1.165) is 5.56 Å². The molecule has 0 aliphatic heterocycles. The molecule has 0 bridgehead atoms. The van der Waals surface area contributed by atoms with Crippen molar-refractivity contribution < 1.29 is 0 Å². The summed E-state index contributed by atoms with van der Waals surface area (Å²) in [4.78, 5) is 0. The van der Waals surface area contributed by atoms with E-state index in [-0.39, 0.29) is 0 Å². The summed E-state index contributed by atoms with van der Waals surface area (Å²) in [5, 5.41) is 19.7. The van der Waals surface area contributed by atoms with Crippen LogP contribution in [0.3, 0.4) is 0 Å². The van der Waals surface area contributed by atoms with Crippen LogP contribution in [0.4, 0.5) is 0 Å². The maximum atomic E-state index is 4.16. The third-order valence-electron chi connectivity index (χ3n) is 2.02. The maximum absolute atomic E-state index is 4.16. The molecule has 3 aromatic heterocycles. The Morgan fingerprint density at radius 2 is 2.00 bits per heavy atom. The molecule has 0 aliphatic carbocycles. The summed E-state index contributed by atoms with van der Waals surface area (Å²) in [6.45, 7) is 0. The molecule has 72 valence electrons. The minimum absolute atomic E-state index is 0.667. The molecule has 0 unspecified atom stereocenters. The average molecular weight is 198 g/mol. The highest BCUT2D eigenvalue weighted by atomic mass is 15.4. The molecular weight excluding hydrogens is 192 g/mol. The van der Waals surface area contributed by atoms with Crippen LogP contribution < -0.4 is 0 Å². The Hall–Kier alpha value is -2.37. The first-order valence-corrected chi connectivity index (χ1v) is 4.39. The predicted molar refractivity (Wildman–Crippen MR) is 51.8 cm³/mol. The van der Waals surface area contributed by atoms with Gasteiger partial charge in [0.25, 0.3) is 0 Å². The lowest BCUT2D eigenvalue weighted by Gasteiger charge is -1.95. The van der Waals surface area contributed by atoms with Gasteiger partial charge in [0.1, 0.15) is 0 Å². The van der Waals surface area contributed by atoms with Crippen LogP contribution in [0.1, 0.15) is 0 Å². The SMILES string of the molecule is c1cnn2c(-c3ccnnc3)nnc2c1. The van der Waals surface area contributed by atoms with Gasteiger partial charge < -0.3 is 0 Å². The lowest BCUT2D eigenvalue weighted by atomic mass is 10.3. The minimum atomic E-state index is 0.667. The molecule has 0 saturated carbocycles. The van der Waals surface area contributed by atoms with Crippen molar-refractivity contribution in [3.05, 3.63) is 36.8 Å². The van der Waals surface area contributed by atoms with Crippen LogP contribution in [-0.2, 0) is 0 Å². The molecule has 0 radical (unpaired) electrons. The van der Waals surface area contributed by atoms with Gasteiger partial charge in [0.2, 0.25) is 0 Å². The lowest BCUT2D eigenvalue weighted by molar-refractivity contribution is 0.929. The van der Waals surface area contributed by atoms with Gasteiger partial charge in [0.05, 0.1) is 12.4 Å². The van der Waals surface area contributed by atoms with E-state index in [0.29, 0.717) is 11.5 Å². The van der Waals surface area contributed by atoms with Crippen molar-refractivity contribution in [1.82, 2.24) is 30.0 Å². The minimum Gasteiger partial charge on any atom is -0.193 e. The monoisotopic (exact) mass is 198 g/mol. The van der Waals surface area contributed by atoms with Crippen molar-refractivity contribution in [2.24, 2.45) is 0 Å². The second kappa shape index (κ2) is 3.09. The normalized spacial score (nSPS) is 10.7. The molecule has 0 atom stereocenters. The van der Waals surface area contributed by atoms with Crippen molar-refractivity contribution in [3.8, 4) is 11.4 Å². The van der Waals surface area contributed by atoms with Crippen LogP contribution in [-0.4, -0.2) is 30.0 Å². The van der Waals surface area contributed by atoms with Crippen LogP contribution in [0.15, 0.2) is 36.8 Å². The third kappa shape index (κ3) is 1.23. The highest BCUT2D eigenvalue weighted by Crippen LogP contribution is 2.14. The summed E-state index contributed by atoms with van der Waals surface area (Å²) in [6.07, 6.45) is 4.93. The van der Waals surface area contributed by atoms with Crippen LogP contribution in [0.2, 0.25) is 0 Å². The molecular formula is C9H6N6. The largest absolute Gasteiger partial charge is 0.193 e. The summed E-state index contributed by atoms with van der Waals surface area (Å²) in [7, 11) is 0. The number of nitrogens with zero attached hydrogens (tertiary/aromatic N) is 6. The quantitative estimate of drug-likeness (QED) is 0.572. The Bertz CT molecular complexity index is 588. The third-order valence-corrected chi connectivity index (χ3v) is 2.02. The Kier molecular flexibility index (Phi) is 1.64. The average Bonchev–Trinajstić information content (AvgIpc) is 2.74. The Morgan fingerprint density at radius 3 is 2.87 bits per heavy atom. The zero-order valence-electron chi connectivity index (χ0n) is 7.65. The fraction of sp³-hybridized carbons (Fsp3) is 0. The van der Waals surface area contributed by atoms with Crippen molar-refractivity contribution in [2.75, 3.05) is 0 Å². The fourth-order valence-electron chi connectivity index (χ4n) is 1.35. The van der Waals surface area contributed by atoms with Crippen molar-refractivity contribution in [3.63, 3.8) is 0 Å². The molecule has 0 amide bonds. The molecule has 0 saturated heterocycles. The summed E-state index contributed by atoms with van der Waals surface area (Å²) < 4.78 is 1.66. The van der Waals surface area contributed by atoms with Gasteiger partial charge in [0, 0.05) is 11.8 Å². The van der Waals surface area contributed by atoms with Gasteiger partial charge in [-0.15, -0.1) is 10.2 Å². The predicted octanol–water partition coefficient (Wildman–Crippen LogP) is 0.581. The molecule has 15 heavy (non-hydrogen) atoms. The highest BCUT2D eigenvalue weighted by Gasteiger charge is 2.07. The molecule has 0 aromatic carbocycles. The van der Waals surface area contributed by atoms with E-state index in [1.807, 2.05) is 18.2 Å². The number of fused-ring (bicyclic) bond motifs is 1. The van der Waals surface area contributed by atoms with Gasteiger partial charge in [-0.2, -0.15) is 19.8 Å². The van der Waals surface area contributed by atoms with Gasteiger partial charge in [-0.25, -0.2) is 0 Å². The molecule has 0 aliphatic rings. The van der Waals surface area contributed by atoms with Crippen LogP contribution in [0.25, 0.3) is 17.0 Å². The maximum Gasteiger partial charge on any atom is 0.187 e. The highest BCUT2D eigenvalue weighted by molar-refractivity contribution is 5.56. The second-order valence-corrected chi connectivity index (χ2v) is 2.95.